The van der Waals surface area contributed by atoms with Gasteiger partial charge in [0.1, 0.15) is 24.0 Å². The van der Waals surface area contributed by atoms with Crippen molar-refractivity contribution in [3.8, 4) is 0 Å². The number of nitrogens with zero attached hydrogens (tertiary/aromatic N) is 3. The molecule has 20 heavy (non-hydrogen) atoms. The minimum atomic E-state index is -4.25. The lowest BCUT2D eigenvalue weighted by Gasteiger charge is -2.21. The normalized spacial score (nSPS) is 11.5. The molecule has 0 aliphatic carbocycles. The molecule has 1 aromatic heterocycles. The second-order valence-electron chi connectivity index (χ2n) is 4.68. The van der Waals surface area contributed by atoms with E-state index < -0.39 is 12.7 Å². The van der Waals surface area contributed by atoms with Crippen LogP contribution in [0.1, 0.15) is 32.5 Å². The van der Waals surface area contributed by atoms with Gasteiger partial charge in [-0.15, -0.1) is 0 Å². The lowest BCUT2D eigenvalue weighted by Crippen LogP contribution is -2.31. The van der Waals surface area contributed by atoms with Crippen molar-refractivity contribution < 1.29 is 13.2 Å². The summed E-state index contributed by atoms with van der Waals surface area (Å²) in [5.74, 6) is 1.44. The van der Waals surface area contributed by atoms with Crippen LogP contribution in [0.3, 0.4) is 0 Å². The summed E-state index contributed by atoms with van der Waals surface area (Å²) in [6.07, 6.45) is -1.84. The van der Waals surface area contributed by atoms with Gasteiger partial charge in [-0.05, 0) is 12.8 Å². The van der Waals surface area contributed by atoms with Crippen molar-refractivity contribution in [1.82, 2.24) is 9.97 Å². The number of halogens is 3. The number of alkyl halides is 3. The maximum absolute atomic E-state index is 12.4. The van der Waals surface area contributed by atoms with E-state index in [1.54, 1.807) is 6.07 Å². The molecule has 0 saturated heterocycles. The quantitative estimate of drug-likeness (QED) is 0.837. The van der Waals surface area contributed by atoms with Gasteiger partial charge in [-0.3, -0.25) is 0 Å². The lowest BCUT2D eigenvalue weighted by atomic mass is 10.3. The van der Waals surface area contributed by atoms with E-state index in [-0.39, 0.29) is 0 Å². The Hall–Kier alpha value is -1.53. The van der Waals surface area contributed by atoms with Crippen LogP contribution in [0.5, 0.6) is 0 Å². The SMILES string of the molecule is CCCNc1cc(N(C)CC(F)(F)F)nc(CCC)n1. The van der Waals surface area contributed by atoms with Crippen LogP contribution in [0.4, 0.5) is 24.8 Å². The molecule has 1 heterocycles. The Kier molecular flexibility index (Phi) is 6.04. The largest absolute Gasteiger partial charge is 0.405 e. The van der Waals surface area contributed by atoms with Crippen molar-refractivity contribution in [3.63, 3.8) is 0 Å². The predicted octanol–water partition coefficient (Wildman–Crippen LogP) is 3.25. The molecule has 0 aliphatic rings. The smallest absolute Gasteiger partial charge is 0.370 e. The molecule has 0 fully saturated rings. The highest BCUT2D eigenvalue weighted by molar-refractivity contribution is 5.49. The first-order valence-corrected chi connectivity index (χ1v) is 6.75. The molecule has 0 saturated carbocycles. The van der Waals surface area contributed by atoms with E-state index >= 15 is 0 Å². The van der Waals surface area contributed by atoms with Gasteiger partial charge in [-0.1, -0.05) is 13.8 Å². The van der Waals surface area contributed by atoms with E-state index in [1.165, 1.54) is 7.05 Å². The molecule has 1 aromatic rings. The summed E-state index contributed by atoms with van der Waals surface area (Å²) in [6, 6.07) is 1.56. The minimum absolute atomic E-state index is 0.291. The maximum atomic E-state index is 12.4. The fourth-order valence-electron chi connectivity index (χ4n) is 1.71. The third-order valence-electron chi connectivity index (χ3n) is 2.60. The molecule has 0 aromatic carbocycles. The van der Waals surface area contributed by atoms with Crippen molar-refractivity contribution in [3.05, 3.63) is 11.9 Å². The van der Waals surface area contributed by atoms with Gasteiger partial charge < -0.3 is 10.2 Å². The number of aromatic nitrogens is 2. The monoisotopic (exact) mass is 290 g/mol. The number of nitrogens with one attached hydrogen (secondary N) is 1. The molecule has 0 atom stereocenters. The summed E-state index contributed by atoms with van der Waals surface area (Å²) >= 11 is 0. The highest BCUT2D eigenvalue weighted by Crippen LogP contribution is 2.21. The van der Waals surface area contributed by atoms with Gasteiger partial charge >= 0.3 is 6.18 Å². The van der Waals surface area contributed by atoms with Crippen LogP contribution >= 0.6 is 0 Å². The zero-order valence-corrected chi connectivity index (χ0v) is 12.1. The Labute approximate surface area is 117 Å². The standard InChI is InChI=1S/C13H21F3N4/c1-4-6-10-18-11(17-7-5-2)8-12(19-10)20(3)9-13(14,15)16/h8H,4-7,9H2,1-3H3,(H,17,18,19). The van der Waals surface area contributed by atoms with Crippen molar-refractivity contribution in [1.29, 1.82) is 0 Å². The first kappa shape index (κ1) is 16.5. The second kappa shape index (κ2) is 7.31. The predicted molar refractivity (Wildman–Crippen MR) is 74.1 cm³/mol. The molecular weight excluding hydrogens is 269 g/mol. The Bertz CT molecular complexity index is 421. The van der Waals surface area contributed by atoms with Crippen molar-refractivity contribution >= 4 is 11.6 Å². The summed E-state index contributed by atoms with van der Waals surface area (Å²) in [4.78, 5) is 9.59. The van der Waals surface area contributed by atoms with Crippen LogP contribution in [0, 0.1) is 0 Å². The average molecular weight is 290 g/mol. The number of rotatable bonds is 7. The van der Waals surface area contributed by atoms with E-state index in [9.17, 15) is 13.2 Å². The summed E-state index contributed by atoms with van der Waals surface area (Å²) < 4.78 is 37.3. The van der Waals surface area contributed by atoms with Crippen LogP contribution < -0.4 is 10.2 Å². The highest BCUT2D eigenvalue weighted by Gasteiger charge is 2.30. The molecular formula is C13H21F3N4. The molecule has 0 aliphatic heterocycles. The van der Waals surface area contributed by atoms with Crippen LogP contribution in [0.25, 0.3) is 0 Å². The van der Waals surface area contributed by atoms with E-state index in [1.807, 2.05) is 13.8 Å². The highest BCUT2D eigenvalue weighted by atomic mass is 19.4. The second-order valence-corrected chi connectivity index (χ2v) is 4.68. The van der Waals surface area contributed by atoms with Crippen LogP contribution in [-0.4, -0.2) is 36.3 Å². The van der Waals surface area contributed by atoms with Gasteiger partial charge in [-0.2, -0.15) is 13.2 Å². The molecule has 7 heteroatoms. The molecule has 0 spiro atoms. The maximum Gasteiger partial charge on any atom is 0.405 e. The van der Waals surface area contributed by atoms with Crippen molar-refractivity contribution in [2.24, 2.45) is 0 Å². The third-order valence-corrected chi connectivity index (χ3v) is 2.60. The third kappa shape index (κ3) is 5.63. The minimum Gasteiger partial charge on any atom is -0.370 e. The topological polar surface area (TPSA) is 41.0 Å². The summed E-state index contributed by atoms with van der Waals surface area (Å²) in [5, 5.41) is 3.09. The first-order chi connectivity index (χ1) is 9.35. The Morgan fingerprint density at radius 3 is 2.45 bits per heavy atom. The molecule has 0 bridgehead atoms. The van der Waals surface area contributed by atoms with E-state index in [4.69, 9.17) is 0 Å². The zero-order valence-electron chi connectivity index (χ0n) is 12.1. The van der Waals surface area contributed by atoms with Gasteiger partial charge in [-0.25, -0.2) is 9.97 Å². The van der Waals surface area contributed by atoms with Crippen LogP contribution in [0.2, 0.25) is 0 Å². The molecule has 1 N–H and O–H groups in total. The van der Waals surface area contributed by atoms with Gasteiger partial charge in [0, 0.05) is 26.1 Å². The Morgan fingerprint density at radius 1 is 1.20 bits per heavy atom. The zero-order chi connectivity index (χ0) is 15.2. The fourth-order valence-corrected chi connectivity index (χ4v) is 1.71. The van der Waals surface area contributed by atoms with Gasteiger partial charge in [0.25, 0.3) is 0 Å². The van der Waals surface area contributed by atoms with Gasteiger partial charge in [0.2, 0.25) is 0 Å². The molecule has 0 radical (unpaired) electrons. The molecule has 4 nitrogen and oxygen atoms in total. The Morgan fingerprint density at radius 2 is 1.90 bits per heavy atom. The van der Waals surface area contributed by atoms with Crippen LogP contribution in [-0.2, 0) is 6.42 Å². The average Bonchev–Trinajstić information content (AvgIpc) is 2.34. The van der Waals surface area contributed by atoms with Crippen molar-refractivity contribution in [2.75, 3.05) is 30.4 Å². The summed E-state index contributed by atoms with van der Waals surface area (Å²) in [6.45, 7) is 3.69. The van der Waals surface area contributed by atoms with Crippen LogP contribution in [0.15, 0.2) is 6.07 Å². The van der Waals surface area contributed by atoms with Gasteiger partial charge in [0.15, 0.2) is 0 Å². The lowest BCUT2D eigenvalue weighted by molar-refractivity contribution is -0.119. The number of hydrogen-bond acceptors (Lipinski definition) is 4. The van der Waals surface area contributed by atoms with E-state index in [0.717, 1.165) is 24.3 Å². The summed E-state index contributed by atoms with van der Waals surface area (Å²) in [7, 11) is 1.38. The van der Waals surface area contributed by atoms with E-state index in [0.29, 0.717) is 23.9 Å². The molecule has 1 rings (SSSR count). The first-order valence-electron chi connectivity index (χ1n) is 6.75. The molecule has 0 unspecified atom stereocenters. The summed E-state index contributed by atoms with van der Waals surface area (Å²) in [5.41, 5.74) is 0. The fraction of sp³-hybridized carbons (Fsp3) is 0.692. The van der Waals surface area contributed by atoms with Crippen molar-refractivity contribution in [2.45, 2.75) is 39.3 Å². The Balaban J connectivity index is 2.95. The number of hydrogen-bond donors (Lipinski definition) is 1. The van der Waals surface area contributed by atoms with Gasteiger partial charge in [0.05, 0.1) is 0 Å². The van der Waals surface area contributed by atoms with E-state index in [2.05, 4.69) is 15.3 Å². The number of aryl methyl sites for hydroxylation is 1. The molecule has 0 amide bonds. The number of anilines is 2. The molecule has 114 valence electrons.